The molecule has 7 heteroatoms. The topological polar surface area (TPSA) is 92.7 Å². The molecule has 7 nitrogen and oxygen atoms in total. The number of carbonyl (C=O) groups is 2. The van der Waals surface area contributed by atoms with Crippen molar-refractivity contribution in [3.8, 4) is 11.3 Å². The SMILES string of the molecule is Cc1ccc(-c2onc(C(N)=O)c2C(=O)N2CCC[C@H]2CN2CCCC2)cc1. The minimum atomic E-state index is -0.749. The van der Waals surface area contributed by atoms with Gasteiger partial charge in [-0.2, -0.15) is 0 Å². The summed E-state index contributed by atoms with van der Waals surface area (Å²) in [5.74, 6) is -0.654. The summed E-state index contributed by atoms with van der Waals surface area (Å²) in [4.78, 5) is 29.7. The van der Waals surface area contributed by atoms with Crippen LogP contribution in [0.25, 0.3) is 11.3 Å². The van der Waals surface area contributed by atoms with Gasteiger partial charge in [-0.05, 0) is 45.7 Å². The fraction of sp³-hybridized carbons (Fsp3) is 0.476. The maximum absolute atomic E-state index is 13.5. The van der Waals surface area contributed by atoms with Crippen molar-refractivity contribution in [1.82, 2.24) is 15.0 Å². The Morgan fingerprint density at radius 2 is 1.86 bits per heavy atom. The molecule has 2 N–H and O–H groups in total. The molecule has 2 saturated heterocycles. The van der Waals surface area contributed by atoms with E-state index in [1.807, 2.05) is 36.1 Å². The highest BCUT2D eigenvalue weighted by atomic mass is 16.5. The molecule has 2 aromatic rings. The van der Waals surface area contributed by atoms with E-state index in [0.717, 1.165) is 38.0 Å². The Hall–Kier alpha value is -2.67. The van der Waals surface area contributed by atoms with Gasteiger partial charge in [0.2, 0.25) is 0 Å². The molecule has 2 fully saturated rings. The smallest absolute Gasteiger partial charge is 0.271 e. The molecule has 1 aromatic carbocycles. The molecule has 1 atom stereocenters. The van der Waals surface area contributed by atoms with Crippen molar-refractivity contribution in [2.45, 2.75) is 38.6 Å². The Kier molecular flexibility index (Phi) is 5.17. The highest BCUT2D eigenvalue weighted by Crippen LogP contribution is 2.31. The van der Waals surface area contributed by atoms with Gasteiger partial charge in [0.25, 0.3) is 11.8 Å². The van der Waals surface area contributed by atoms with Gasteiger partial charge in [0.1, 0.15) is 5.56 Å². The summed E-state index contributed by atoms with van der Waals surface area (Å²) >= 11 is 0. The van der Waals surface area contributed by atoms with Gasteiger partial charge in [0, 0.05) is 24.7 Å². The molecule has 1 aromatic heterocycles. The molecule has 148 valence electrons. The van der Waals surface area contributed by atoms with E-state index in [1.54, 1.807) is 0 Å². The van der Waals surface area contributed by atoms with Gasteiger partial charge < -0.3 is 20.1 Å². The lowest BCUT2D eigenvalue weighted by atomic mass is 10.0. The lowest BCUT2D eigenvalue weighted by Gasteiger charge is -2.28. The van der Waals surface area contributed by atoms with Crippen molar-refractivity contribution in [1.29, 1.82) is 0 Å². The fourth-order valence-electron chi connectivity index (χ4n) is 4.26. The van der Waals surface area contributed by atoms with E-state index < -0.39 is 5.91 Å². The number of aryl methyl sites for hydroxylation is 1. The van der Waals surface area contributed by atoms with Crippen LogP contribution in [0.15, 0.2) is 28.8 Å². The quantitative estimate of drug-likeness (QED) is 0.857. The van der Waals surface area contributed by atoms with Crippen LogP contribution in [0.3, 0.4) is 0 Å². The third-order valence-electron chi connectivity index (χ3n) is 5.76. The average molecular weight is 382 g/mol. The number of nitrogens with zero attached hydrogens (tertiary/aromatic N) is 3. The van der Waals surface area contributed by atoms with Crippen LogP contribution in [0.2, 0.25) is 0 Å². The Labute approximate surface area is 164 Å². The first-order valence-electron chi connectivity index (χ1n) is 9.94. The second-order valence-electron chi connectivity index (χ2n) is 7.77. The number of benzene rings is 1. The number of amides is 2. The largest absolute Gasteiger partial charge is 0.364 e. The summed E-state index contributed by atoms with van der Waals surface area (Å²) in [5, 5.41) is 3.83. The number of likely N-dealkylation sites (tertiary alicyclic amines) is 2. The van der Waals surface area contributed by atoms with Gasteiger partial charge in [-0.25, -0.2) is 0 Å². The third-order valence-corrected chi connectivity index (χ3v) is 5.76. The normalized spacial score (nSPS) is 20.0. The number of hydrogen-bond donors (Lipinski definition) is 1. The molecule has 28 heavy (non-hydrogen) atoms. The highest BCUT2D eigenvalue weighted by molar-refractivity contribution is 6.09. The summed E-state index contributed by atoms with van der Waals surface area (Å²) in [6, 6.07) is 7.74. The summed E-state index contributed by atoms with van der Waals surface area (Å²) in [6.07, 6.45) is 4.37. The van der Waals surface area contributed by atoms with E-state index in [-0.39, 0.29) is 23.2 Å². The van der Waals surface area contributed by atoms with Crippen LogP contribution < -0.4 is 5.73 Å². The van der Waals surface area contributed by atoms with Crippen molar-refractivity contribution in [3.63, 3.8) is 0 Å². The zero-order valence-electron chi connectivity index (χ0n) is 16.2. The summed E-state index contributed by atoms with van der Waals surface area (Å²) in [7, 11) is 0. The van der Waals surface area contributed by atoms with E-state index >= 15 is 0 Å². The van der Waals surface area contributed by atoms with Gasteiger partial charge in [0.15, 0.2) is 11.5 Å². The molecule has 0 saturated carbocycles. The maximum Gasteiger partial charge on any atom is 0.271 e. The molecule has 2 aliphatic rings. The van der Waals surface area contributed by atoms with Gasteiger partial charge in [-0.1, -0.05) is 35.0 Å². The molecule has 2 amide bonds. The Balaban J connectivity index is 1.66. The summed E-state index contributed by atoms with van der Waals surface area (Å²) < 4.78 is 5.42. The molecule has 0 aliphatic carbocycles. The molecule has 2 aliphatic heterocycles. The minimum absolute atomic E-state index is 0.0904. The van der Waals surface area contributed by atoms with Crippen molar-refractivity contribution in [2.24, 2.45) is 5.73 Å². The van der Waals surface area contributed by atoms with E-state index in [1.165, 1.54) is 12.8 Å². The van der Waals surface area contributed by atoms with Crippen LogP contribution in [0.1, 0.15) is 52.1 Å². The Morgan fingerprint density at radius 3 is 2.54 bits per heavy atom. The number of nitrogens with two attached hydrogens (primary N) is 1. The Bertz CT molecular complexity index is 868. The van der Waals surface area contributed by atoms with Crippen LogP contribution in [0.5, 0.6) is 0 Å². The van der Waals surface area contributed by atoms with Gasteiger partial charge in [-0.3, -0.25) is 9.59 Å². The van der Waals surface area contributed by atoms with Crippen LogP contribution in [0.4, 0.5) is 0 Å². The van der Waals surface area contributed by atoms with E-state index in [0.29, 0.717) is 17.9 Å². The van der Waals surface area contributed by atoms with E-state index in [2.05, 4.69) is 10.1 Å². The second kappa shape index (κ2) is 7.75. The maximum atomic E-state index is 13.5. The van der Waals surface area contributed by atoms with Crippen LogP contribution in [0, 0.1) is 6.92 Å². The van der Waals surface area contributed by atoms with Crippen molar-refractivity contribution in [2.75, 3.05) is 26.2 Å². The molecule has 3 heterocycles. The molecule has 0 spiro atoms. The summed E-state index contributed by atoms with van der Waals surface area (Å²) in [6.45, 7) is 5.72. The molecule has 0 radical (unpaired) electrons. The van der Waals surface area contributed by atoms with Crippen LogP contribution in [-0.4, -0.2) is 59.0 Å². The van der Waals surface area contributed by atoms with Crippen LogP contribution in [-0.2, 0) is 0 Å². The van der Waals surface area contributed by atoms with Crippen molar-refractivity contribution >= 4 is 11.8 Å². The van der Waals surface area contributed by atoms with Gasteiger partial charge in [0.05, 0.1) is 0 Å². The zero-order valence-corrected chi connectivity index (χ0v) is 16.2. The first-order chi connectivity index (χ1) is 13.5. The first-order valence-corrected chi connectivity index (χ1v) is 9.94. The number of hydrogen-bond acceptors (Lipinski definition) is 5. The van der Waals surface area contributed by atoms with Gasteiger partial charge in [-0.15, -0.1) is 0 Å². The Morgan fingerprint density at radius 1 is 1.14 bits per heavy atom. The summed E-state index contributed by atoms with van der Waals surface area (Å²) in [5.41, 5.74) is 7.39. The number of aromatic nitrogens is 1. The highest BCUT2D eigenvalue weighted by Gasteiger charge is 2.36. The molecular formula is C21H26N4O3. The number of primary amides is 1. The lowest BCUT2D eigenvalue weighted by molar-refractivity contribution is 0.0705. The molecule has 0 unspecified atom stereocenters. The van der Waals surface area contributed by atoms with E-state index in [4.69, 9.17) is 10.3 Å². The standard InChI is InChI=1S/C21H26N4O3/c1-14-6-8-15(9-7-14)19-17(18(20(22)26)23-28-19)21(27)25-12-4-5-16(25)13-24-10-2-3-11-24/h6-9,16H,2-5,10-13H2,1H3,(H2,22,26)/t16-/m0/s1. The van der Waals surface area contributed by atoms with E-state index in [9.17, 15) is 9.59 Å². The first kappa shape index (κ1) is 18.7. The third kappa shape index (κ3) is 3.54. The lowest BCUT2D eigenvalue weighted by Crippen LogP contribution is -2.43. The minimum Gasteiger partial charge on any atom is -0.364 e. The number of rotatable bonds is 5. The predicted molar refractivity (Wildman–Crippen MR) is 105 cm³/mol. The molecule has 4 rings (SSSR count). The van der Waals surface area contributed by atoms with Crippen molar-refractivity contribution in [3.05, 3.63) is 41.1 Å². The van der Waals surface area contributed by atoms with Gasteiger partial charge >= 0.3 is 0 Å². The molecule has 0 bridgehead atoms. The fourth-order valence-corrected chi connectivity index (χ4v) is 4.26. The zero-order chi connectivity index (χ0) is 19.7. The van der Waals surface area contributed by atoms with Crippen molar-refractivity contribution < 1.29 is 14.1 Å². The monoisotopic (exact) mass is 382 g/mol. The predicted octanol–water partition coefficient (Wildman–Crippen LogP) is 2.45. The molecular weight excluding hydrogens is 356 g/mol. The van der Waals surface area contributed by atoms with Crippen LogP contribution >= 0.6 is 0 Å². The average Bonchev–Trinajstić information content (AvgIpc) is 3.43. The second-order valence-corrected chi connectivity index (χ2v) is 7.77. The number of carbonyl (C=O) groups excluding carboxylic acids is 2.